The molecule has 0 saturated heterocycles. The quantitative estimate of drug-likeness (QED) is 0.696. The van der Waals surface area contributed by atoms with Gasteiger partial charge in [0, 0.05) is 11.4 Å². The van der Waals surface area contributed by atoms with Crippen molar-refractivity contribution in [3.8, 4) is 0 Å². The van der Waals surface area contributed by atoms with Crippen LogP contribution < -0.4 is 4.72 Å². The molecule has 5 heteroatoms. The van der Waals surface area contributed by atoms with Crippen LogP contribution in [0.4, 0.5) is 0 Å². The van der Waals surface area contributed by atoms with E-state index >= 15 is 0 Å². The van der Waals surface area contributed by atoms with Crippen LogP contribution in [0.25, 0.3) is 0 Å². The van der Waals surface area contributed by atoms with Gasteiger partial charge >= 0.3 is 0 Å². The Morgan fingerprint density at radius 3 is 2.50 bits per heavy atom. The highest BCUT2D eigenvalue weighted by Gasteiger charge is 2.09. The van der Waals surface area contributed by atoms with Gasteiger partial charge in [0.05, 0.1) is 5.75 Å². The average molecular weight is 286 g/mol. The predicted octanol–water partition coefficient (Wildman–Crippen LogP) is 2.27. The molecule has 86 valence electrons. The molecule has 14 heavy (non-hydrogen) atoms. The molecule has 0 aromatic carbocycles. The first-order valence-electron chi connectivity index (χ1n) is 5.13. The maximum Gasteiger partial charge on any atom is 0.211 e. The zero-order valence-electron chi connectivity index (χ0n) is 8.92. The molecule has 1 N–H and O–H groups in total. The molecule has 0 bridgehead atoms. The van der Waals surface area contributed by atoms with Crippen LogP contribution in [0.5, 0.6) is 0 Å². The Hall–Kier alpha value is 0.390. The first-order chi connectivity index (χ1) is 6.52. The van der Waals surface area contributed by atoms with Crippen molar-refractivity contribution in [2.24, 2.45) is 0 Å². The van der Waals surface area contributed by atoms with Gasteiger partial charge in [-0.25, -0.2) is 13.1 Å². The van der Waals surface area contributed by atoms with Crippen molar-refractivity contribution in [3.63, 3.8) is 0 Å². The summed E-state index contributed by atoms with van der Waals surface area (Å²) in [5, 5.41) is 0. The van der Waals surface area contributed by atoms with Crippen LogP contribution in [0.1, 0.15) is 39.5 Å². The van der Waals surface area contributed by atoms with Crippen LogP contribution in [0.15, 0.2) is 0 Å². The second-order valence-electron chi connectivity index (χ2n) is 3.36. The third-order valence-corrected chi connectivity index (χ3v) is 4.56. The normalized spacial score (nSPS) is 14.2. The van der Waals surface area contributed by atoms with Gasteiger partial charge in [0.2, 0.25) is 10.0 Å². The van der Waals surface area contributed by atoms with Crippen LogP contribution in [0, 0.1) is 0 Å². The summed E-state index contributed by atoms with van der Waals surface area (Å²) in [6.07, 6.45) is 3.52. The molecule has 1 unspecified atom stereocenters. The number of halogens is 1. The van der Waals surface area contributed by atoms with Gasteiger partial charge in [-0.3, -0.25) is 0 Å². The Morgan fingerprint density at radius 1 is 1.36 bits per heavy atom. The lowest BCUT2D eigenvalue weighted by molar-refractivity contribution is 0.574. The van der Waals surface area contributed by atoms with Crippen LogP contribution >= 0.6 is 15.9 Å². The Bertz CT molecular complexity index is 229. The van der Waals surface area contributed by atoms with Gasteiger partial charge in [0.25, 0.3) is 0 Å². The molecule has 0 radical (unpaired) electrons. The Kier molecular flexibility index (Phi) is 7.86. The van der Waals surface area contributed by atoms with Gasteiger partial charge < -0.3 is 0 Å². The lowest BCUT2D eigenvalue weighted by atomic mass is 10.2. The van der Waals surface area contributed by atoms with Crippen LogP contribution in [0.3, 0.4) is 0 Å². The van der Waals surface area contributed by atoms with Gasteiger partial charge in [-0.15, -0.1) is 0 Å². The van der Waals surface area contributed by atoms with Crippen molar-refractivity contribution in [2.75, 3.05) is 12.3 Å². The van der Waals surface area contributed by atoms with Gasteiger partial charge in [0.1, 0.15) is 0 Å². The number of sulfonamides is 1. The molecule has 0 fully saturated rings. The summed E-state index contributed by atoms with van der Waals surface area (Å²) < 4.78 is 25.3. The maximum absolute atomic E-state index is 11.3. The molecule has 0 aromatic heterocycles. The van der Waals surface area contributed by atoms with Crippen molar-refractivity contribution in [3.05, 3.63) is 0 Å². The minimum absolute atomic E-state index is 0.253. The van der Waals surface area contributed by atoms with E-state index in [4.69, 9.17) is 0 Å². The number of nitrogens with one attached hydrogen (secondary N) is 1. The largest absolute Gasteiger partial charge is 0.215 e. The molecule has 0 saturated carbocycles. The molecule has 0 spiro atoms. The fourth-order valence-electron chi connectivity index (χ4n) is 0.982. The van der Waals surface area contributed by atoms with E-state index in [9.17, 15) is 8.42 Å². The molecule has 0 aliphatic heterocycles. The van der Waals surface area contributed by atoms with E-state index in [2.05, 4.69) is 27.6 Å². The third kappa shape index (κ3) is 7.76. The van der Waals surface area contributed by atoms with E-state index in [0.29, 0.717) is 11.4 Å². The fourth-order valence-corrected chi connectivity index (χ4v) is 2.45. The van der Waals surface area contributed by atoms with E-state index < -0.39 is 10.0 Å². The van der Waals surface area contributed by atoms with E-state index in [0.717, 1.165) is 25.7 Å². The Balaban J connectivity index is 3.66. The maximum atomic E-state index is 11.3. The molecule has 3 nitrogen and oxygen atoms in total. The molecule has 0 aliphatic carbocycles. The number of unbranched alkanes of at least 4 members (excludes halogenated alkanes) is 1. The third-order valence-electron chi connectivity index (χ3n) is 1.99. The standard InChI is InChI=1S/C9H20BrNO2S/c1-3-5-8-14(12,13)11-7-6-9(10)4-2/h9,11H,3-8H2,1-2H3. The van der Waals surface area contributed by atoms with Gasteiger partial charge in [0.15, 0.2) is 0 Å². The molecule has 0 aliphatic rings. The highest BCUT2D eigenvalue weighted by Crippen LogP contribution is 2.08. The van der Waals surface area contributed by atoms with Gasteiger partial charge in [-0.1, -0.05) is 36.2 Å². The Morgan fingerprint density at radius 2 is 2.00 bits per heavy atom. The van der Waals surface area contributed by atoms with Crippen LogP contribution in [-0.2, 0) is 10.0 Å². The molecule has 0 rings (SSSR count). The predicted molar refractivity (Wildman–Crippen MR) is 64.3 cm³/mol. The monoisotopic (exact) mass is 285 g/mol. The molecular formula is C9H20BrNO2S. The molecule has 0 heterocycles. The van der Waals surface area contributed by atoms with E-state index in [1.807, 2.05) is 6.92 Å². The van der Waals surface area contributed by atoms with E-state index in [1.54, 1.807) is 0 Å². The lowest BCUT2D eigenvalue weighted by Gasteiger charge is -2.08. The number of hydrogen-bond acceptors (Lipinski definition) is 2. The highest BCUT2D eigenvalue weighted by molar-refractivity contribution is 9.09. The summed E-state index contributed by atoms with van der Waals surface area (Å²) in [7, 11) is -3.02. The summed E-state index contributed by atoms with van der Waals surface area (Å²) in [6, 6.07) is 0. The summed E-state index contributed by atoms with van der Waals surface area (Å²) >= 11 is 3.46. The van der Waals surface area contributed by atoms with Crippen LogP contribution in [0.2, 0.25) is 0 Å². The molecule has 0 aromatic rings. The average Bonchev–Trinajstić information content (AvgIpc) is 2.14. The van der Waals surface area contributed by atoms with Gasteiger partial charge in [-0.05, 0) is 19.3 Å². The fraction of sp³-hybridized carbons (Fsp3) is 1.00. The second-order valence-corrected chi connectivity index (χ2v) is 6.58. The zero-order chi connectivity index (χ0) is 11.0. The van der Waals surface area contributed by atoms with Crippen molar-refractivity contribution < 1.29 is 8.42 Å². The van der Waals surface area contributed by atoms with Crippen molar-refractivity contribution in [1.29, 1.82) is 0 Å². The lowest BCUT2D eigenvalue weighted by Crippen LogP contribution is -2.28. The number of rotatable bonds is 8. The highest BCUT2D eigenvalue weighted by atomic mass is 79.9. The first kappa shape index (κ1) is 14.4. The summed E-state index contributed by atoms with van der Waals surface area (Å²) in [6.45, 7) is 4.60. The molecule has 0 amide bonds. The number of alkyl halides is 1. The van der Waals surface area contributed by atoms with E-state index in [-0.39, 0.29) is 5.75 Å². The molecular weight excluding hydrogens is 266 g/mol. The SMILES string of the molecule is CCCCS(=O)(=O)NCCC(Br)CC. The summed E-state index contributed by atoms with van der Waals surface area (Å²) in [5.41, 5.74) is 0. The van der Waals surface area contributed by atoms with Crippen molar-refractivity contribution >= 4 is 26.0 Å². The van der Waals surface area contributed by atoms with Crippen molar-refractivity contribution in [1.82, 2.24) is 4.72 Å². The Labute approximate surface area is 95.8 Å². The van der Waals surface area contributed by atoms with Crippen LogP contribution in [-0.4, -0.2) is 25.5 Å². The minimum atomic E-state index is -3.02. The number of hydrogen-bond donors (Lipinski definition) is 1. The van der Waals surface area contributed by atoms with E-state index in [1.165, 1.54) is 0 Å². The minimum Gasteiger partial charge on any atom is -0.215 e. The topological polar surface area (TPSA) is 46.2 Å². The first-order valence-corrected chi connectivity index (χ1v) is 7.70. The van der Waals surface area contributed by atoms with Crippen molar-refractivity contribution in [2.45, 2.75) is 44.4 Å². The molecule has 1 atom stereocenters. The smallest absolute Gasteiger partial charge is 0.211 e. The summed E-state index contributed by atoms with van der Waals surface area (Å²) in [4.78, 5) is 0.413. The second kappa shape index (κ2) is 7.65. The summed E-state index contributed by atoms with van der Waals surface area (Å²) in [5.74, 6) is 0.253. The zero-order valence-corrected chi connectivity index (χ0v) is 11.3. The van der Waals surface area contributed by atoms with Gasteiger partial charge in [-0.2, -0.15) is 0 Å².